The molecule has 0 heteroatoms. The van der Waals surface area contributed by atoms with E-state index in [-0.39, 0.29) is 5.92 Å². The molecule has 0 aliphatic carbocycles. The van der Waals surface area contributed by atoms with E-state index >= 15 is 0 Å². The first-order valence-corrected chi connectivity index (χ1v) is 4.94. The molecular weight excluding hydrogens is 180 g/mol. The minimum absolute atomic E-state index is 0.0487. The Morgan fingerprint density at radius 3 is 1.47 bits per heavy atom. The highest BCUT2D eigenvalue weighted by atomic mass is 14.1. The molecule has 0 amide bonds. The summed E-state index contributed by atoms with van der Waals surface area (Å²) in [6.45, 7) is 0. The summed E-state index contributed by atoms with van der Waals surface area (Å²) < 4.78 is 0. The molecule has 0 saturated carbocycles. The van der Waals surface area contributed by atoms with Gasteiger partial charge in [0.25, 0.3) is 0 Å². The Labute approximate surface area is 90.6 Å². The minimum atomic E-state index is -0.0487. The Kier molecular flexibility index (Phi) is 2.85. The molecule has 0 atom stereocenters. The lowest BCUT2D eigenvalue weighted by molar-refractivity contribution is 1.06. The molecule has 0 saturated heterocycles. The molecule has 0 aliphatic rings. The average Bonchev–Trinajstić information content (AvgIpc) is 2.33. The lowest BCUT2D eigenvalue weighted by Crippen LogP contribution is -1.96. The van der Waals surface area contributed by atoms with Crippen molar-refractivity contribution in [3.8, 4) is 5.92 Å². The fourth-order valence-corrected chi connectivity index (χ4v) is 1.65. The highest BCUT2D eigenvalue weighted by Gasteiger charge is 2.09. The van der Waals surface area contributed by atoms with Crippen LogP contribution in [-0.4, -0.2) is 0 Å². The van der Waals surface area contributed by atoms with Crippen LogP contribution >= 0.6 is 0 Å². The molecule has 0 aromatic heterocycles. The molecule has 0 N–H and O–H groups in total. The summed E-state index contributed by atoms with van der Waals surface area (Å²) in [5.74, 6) is 2.54. The maximum Gasteiger partial charge on any atom is 0.0712 e. The summed E-state index contributed by atoms with van der Waals surface area (Å²) in [5, 5.41) is 0. The van der Waals surface area contributed by atoms with Crippen molar-refractivity contribution < 1.29 is 0 Å². The van der Waals surface area contributed by atoms with E-state index in [2.05, 4.69) is 5.92 Å². The summed E-state index contributed by atoms with van der Waals surface area (Å²) in [4.78, 5) is 0. The lowest BCUT2D eigenvalue weighted by Gasteiger charge is -2.10. The normalized spacial score (nSPS) is 9.87. The van der Waals surface area contributed by atoms with Gasteiger partial charge in [0.2, 0.25) is 0 Å². The van der Waals surface area contributed by atoms with Gasteiger partial charge in [0.05, 0.1) is 5.92 Å². The van der Waals surface area contributed by atoms with Gasteiger partial charge in [0, 0.05) is 0 Å². The zero-order chi connectivity index (χ0) is 10.5. The third kappa shape index (κ3) is 2.08. The Morgan fingerprint density at radius 1 is 0.733 bits per heavy atom. The molecule has 0 unspecified atom stereocenters. The smallest absolute Gasteiger partial charge is 0.0712 e. The van der Waals surface area contributed by atoms with Crippen molar-refractivity contribution in [2.45, 2.75) is 5.92 Å². The Morgan fingerprint density at radius 2 is 1.13 bits per heavy atom. The first kappa shape index (κ1) is 9.55. The lowest BCUT2D eigenvalue weighted by atomic mass is 9.92. The van der Waals surface area contributed by atoms with Crippen molar-refractivity contribution in [3.63, 3.8) is 0 Å². The van der Waals surface area contributed by atoms with Crippen LogP contribution < -0.4 is 0 Å². The van der Waals surface area contributed by atoms with Gasteiger partial charge in [-0.05, 0) is 17.6 Å². The van der Waals surface area contributed by atoms with Gasteiger partial charge < -0.3 is 0 Å². The van der Waals surface area contributed by atoms with Gasteiger partial charge in [-0.2, -0.15) is 0 Å². The molecule has 0 bridgehead atoms. The predicted molar refractivity (Wildman–Crippen MR) is 61.9 cm³/mol. The molecule has 1 radical (unpaired) electrons. The molecule has 2 rings (SSSR count). The third-order valence-electron chi connectivity index (χ3n) is 2.41. The molecule has 0 nitrogen and oxygen atoms in total. The topological polar surface area (TPSA) is 0 Å². The van der Waals surface area contributed by atoms with Crippen LogP contribution in [-0.2, 0) is 0 Å². The maximum absolute atomic E-state index is 7.38. The molecule has 71 valence electrons. The Bertz CT molecular complexity index is 409. The largest absolute Gasteiger partial charge is 0.0760 e. The van der Waals surface area contributed by atoms with Crippen LogP contribution in [0.2, 0.25) is 0 Å². The highest BCUT2D eigenvalue weighted by molar-refractivity contribution is 5.38. The highest BCUT2D eigenvalue weighted by Crippen LogP contribution is 2.22. The minimum Gasteiger partial charge on any atom is -0.0760 e. The number of hydrogen-bond donors (Lipinski definition) is 0. The van der Waals surface area contributed by atoms with Crippen molar-refractivity contribution in [3.05, 3.63) is 78.2 Å². The van der Waals surface area contributed by atoms with Gasteiger partial charge in [-0.15, -0.1) is 0 Å². The van der Waals surface area contributed by atoms with E-state index in [1.807, 2.05) is 60.7 Å². The van der Waals surface area contributed by atoms with E-state index in [0.29, 0.717) is 0 Å². The molecular formula is C15H11. The van der Waals surface area contributed by atoms with E-state index in [4.69, 9.17) is 6.42 Å². The van der Waals surface area contributed by atoms with Crippen LogP contribution in [0, 0.1) is 12.3 Å². The second kappa shape index (κ2) is 4.48. The molecule has 2 aromatic rings. The first-order chi connectivity index (χ1) is 7.42. The summed E-state index contributed by atoms with van der Waals surface area (Å²) >= 11 is 0. The summed E-state index contributed by atoms with van der Waals surface area (Å²) in [6.07, 6.45) is 7.38. The van der Waals surface area contributed by atoms with Gasteiger partial charge in [0.15, 0.2) is 0 Å². The zero-order valence-corrected chi connectivity index (χ0v) is 8.35. The summed E-state index contributed by atoms with van der Waals surface area (Å²) in [7, 11) is 0. The van der Waals surface area contributed by atoms with E-state index in [1.54, 1.807) is 0 Å². The van der Waals surface area contributed by atoms with E-state index in [9.17, 15) is 0 Å². The van der Waals surface area contributed by atoms with Crippen LogP contribution in [0.5, 0.6) is 0 Å². The van der Waals surface area contributed by atoms with Crippen molar-refractivity contribution in [1.82, 2.24) is 0 Å². The van der Waals surface area contributed by atoms with E-state index in [1.165, 1.54) is 0 Å². The second-order valence-corrected chi connectivity index (χ2v) is 3.40. The van der Waals surface area contributed by atoms with Crippen LogP contribution in [0.4, 0.5) is 0 Å². The van der Waals surface area contributed by atoms with Crippen LogP contribution in [0.15, 0.2) is 60.7 Å². The van der Waals surface area contributed by atoms with Crippen molar-refractivity contribution in [2.24, 2.45) is 0 Å². The number of hydrogen-bond acceptors (Lipinski definition) is 0. The fourth-order valence-electron chi connectivity index (χ4n) is 1.65. The fraction of sp³-hybridized carbons (Fsp3) is 0.0667. The van der Waals surface area contributed by atoms with Crippen LogP contribution in [0.1, 0.15) is 17.0 Å². The van der Waals surface area contributed by atoms with Crippen molar-refractivity contribution in [2.75, 3.05) is 0 Å². The molecule has 15 heavy (non-hydrogen) atoms. The van der Waals surface area contributed by atoms with Gasteiger partial charge in [-0.3, -0.25) is 0 Å². The van der Waals surface area contributed by atoms with Gasteiger partial charge in [-0.25, -0.2) is 0 Å². The van der Waals surface area contributed by atoms with Crippen LogP contribution in [0.25, 0.3) is 0 Å². The third-order valence-corrected chi connectivity index (χ3v) is 2.41. The van der Waals surface area contributed by atoms with E-state index in [0.717, 1.165) is 11.1 Å². The molecule has 0 aliphatic heterocycles. The Balaban J connectivity index is 2.39. The maximum atomic E-state index is 7.38. The quantitative estimate of drug-likeness (QED) is 0.638. The standard InChI is InChI=1S/C15H11/c1-2-15(13-9-5-3-6-10-13)14-11-7-4-8-12-14/h3-12,15H. The SMILES string of the molecule is [C]#CC(c1ccccc1)c1ccccc1. The molecule has 2 aromatic carbocycles. The van der Waals surface area contributed by atoms with E-state index < -0.39 is 0 Å². The monoisotopic (exact) mass is 191 g/mol. The predicted octanol–water partition coefficient (Wildman–Crippen LogP) is 3.41. The molecule has 0 spiro atoms. The van der Waals surface area contributed by atoms with Gasteiger partial charge >= 0.3 is 0 Å². The van der Waals surface area contributed by atoms with Crippen molar-refractivity contribution >= 4 is 0 Å². The zero-order valence-electron chi connectivity index (χ0n) is 8.35. The Hall–Kier alpha value is -2.00. The average molecular weight is 191 g/mol. The van der Waals surface area contributed by atoms with Crippen LogP contribution in [0.3, 0.4) is 0 Å². The van der Waals surface area contributed by atoms with Gasteiger partial charge in [-0.1, -0.05) is 66.6 Å². The summed E-state index contributed by atoms with van der Waals surface area (Å²) in [5.41, 5.74) is 2.22. The van der Waals surface area contributed by atoms with Crippen molar-refractivity contribution in [1.29, 1.82) is 0 Å². The second-order valence-electron chi connectivity index (χ2n) is 3.40. The number of rotatable bonds is 2. The number of benzene rings is 2. The first-order valence-electron chi connectivity index (χ1n) is 4.94. The van der Waals surface area contributed by atoms with Gasteiger partial charge in [0.1, 0.15) is 0 Å². The molecule has 0 heterocycles. The molecule has 0 fully saturated rings. The summed E-state index contributed by atoms with van der Waals surface area (Å²) in [6, 6.07) is 20.0.